The van der Waals surface area contributed by atoms with Crippen LogP contribution in [0.1, 0.15) is 12.8 Å². The molecule has 2 heterocycles. The van der Waals surface area contributed by atoms with Gasteiger partial charge in [-0.3, -0.25) is 38.6 Å². The molecule has 2 aliphatic heterocycles. The second-order valence-corrected chi connectivity index (χ2v) is 4.61. The van der Waals surface area contributed by atoms with Crippen molar-refractivity contribution in [3.05, 3.63) is 24.3 Å². The standard InChI is InChI=1S/2C7H7NO4/c2*9-5-1-2-6(10)8(5)4-3-7(11)12/h2*1-2H,3-4H2,(H,11,12). The predicted octanol–water partition coefficient (Wildman–Crippen LogP) is -1.23. The highest BCUT2D eigenvalue weighted by atomic mass is 16.4. The summed E-state index contributed by atoms with van der Waals surface area (Å²) in [5.41, 5.74) is 0. The Bertz CT molecular complexity index is 557. The highest BCUT2D eigenvalue weighted by Crippen LogP contribution is 2.04. The number of hydrogen-bond donors (Lipinski definition) is 2. The Morgan fingerprint density at radius 3 is 1.12 bits per heavy atom. The molecule has 10 nitrogen and oxygen atoms in total. The third-order valence-electron chi connectivity index (χ3n) is 2.90. The summed E-state index contributed by atoms with van der Waals surface area (Å²) in [5.74, 6) is -3.82. The van der Waals surface area contributed by atoms with Crippen molar-refractivity contribution in [3.63, 3.8) is 0 Å². The minimum Gasteiger partial charge on any atom is -0.481 e. The molecule has 128 valence electrons. The van der Waals surface area contributed by atoms with Crippen molar-refractivity contribution in [1.82, 2.24) is 9.80 Å². The molecule has 0 saturated carbocycles. The van der Waals surface area contributed by atoms with Gasteiger partial charge in [-0.25, -0.2) is 0 Å². The average Bonchev–Trinajstić information content (AvgIpc) is 2.98. The summed E-state index contributed by atoms with van der Waals surface area (Å²) in [4.78, 5) is 65.3. The molecule has 0 aromatic heterocycles. The number of carboxylic acid groups (broad SMARTS) is 2. The van der Waals surface area contributed by atoms with Crippen LogP contribution in [0.3, 0.4) is 0 Å². The van der Waals surface area contributed by atoms with E-state index in [0.29, 0.717) is 0 Å². The van der Waals surface area contributed by atoms with Crippen molar-refractivity contribution >= 4 is 35.6 Å². The van der Waals surface area contributed by atoms with Crippen LogP contribution in [0.2, 0.25) is 0 Å². The van der Waals surface area contributed by atoms with E-state index in [1.165, 1.54) is 0 Å². The smallest absolute Gasteiger partial charge is 0.305 e. The molecule has 0 saturated heterocycles. The molecule has 24 heavy (non-hydrogen) atoms. The maximum atomic E-state index is 10.8. The lowest BCUT2D eigenvalue weighted by Crippen LogP contribution is -2.31. The molecule has 0 aromatic rings. The first kappa shape index (κ1) is 18.7. The second-order valence-electron chi connectivity index (χ2n) is 4.61. The van der Waals surface area contributed by atoms with Gasteiger partial charge in [-0.1, -0.05) is 0 Å². The molecule has 0 spiro atoms. The van der Waals surface area contributed by atoms with Crippen molar-refractivity contribution in [2.75, 3.05) is 13.1 Å². The number of hydrogen-bond acceptors (Lipinski definition) is 6. The summed E-state index contributed by atoms with van der Waals surface area (Å²) in [7, 11) is 0. The summed E-state index contributed by atoms with van der Waals surface area (Å²) in [6.45, 7) is -0.111. The normalized spacial score (nSPS) is 15.8. The van der Waals surface area contributed by atoms with Gasteiger partial charge in [0.25, 0.3) is 23.6 Å². The first-order valence-corrected chi connectivity index (χ1v) is 6.73. The van der Waals surface area contributed by atoms with Gasteiger partial charge in [0.05, 0.1) is 12.8 Å². The van der Waals surface area contributed by atoms with Crippen molar-refractivity contribution in [2.45, 2.75) is 12.8 Å². The zero-order chi connectivity index (χ0) is 18.3. The fourth-order valence-electron chi connectivity index (χ4n) is 1.72. The Labute approximate surface area is 135 Å². The van der Waals surface area contributed by atoms with Crippen molar-refractivity contribution in [2.24, 2.45) is 0 Å². The number of aliphatic carboxylic acids is 2. The Morgan fingerprint density at radius 2 is 0.917 bits per heavy atom. The van der Waals surface area contributed by atoms with Crippen molar-refractivity contribution in [1.29, 1.82) is 0 Å². The first-order valence-electron chi connectivity index (χ1n) is 6.73. The van der Waals surface area contributed by atoms with E-state index in [9.17, 15) is 28.8 Å². The third kappa shape index (κ3) is 5.48. The first-order chi connectivity index (χ1) is 11.2. The Hall–Kier alpha value is -3.30. The van der Waals surface area contributed by atoms with Gasteiger partial charge in [0.2, 0.25) is 0 Å². The van der Waals surface area contributed by atoms with E-state index in [0.717, 1.165) is 34.1 Å². The summed E-state index contributed by atoms with van der Waals surface area (Å²) in [5, 5.41) is 16.6. The number of nitrogens with zero attached hydrogens (tertiary/aromatic N) is 2. The average molecular weight is 338 g/mol. The van der Waals surface area contributed by atoms with Gasteiger partial charge >= 0.3 is 11.9 Å². The van der Waals surface area contributed by atoms with E-state index < -0.39 is 35.6 Å². The Morgan fingerprint density at radius 1 is 0.667 bits per heavy atom. The summed E-state index contributed by atoms with van der Waals surface area (Å²) >= 11 is 0. The van der Waals surface area contributed by atoms with Gasteiger partial charge in [-0.15, -0.1) is 0 Å². The summed E-state index contributed by atoms with van der Waals surface area (Å²) in [6, 6.07) is 0. The lowest BCUT2D eigenvalue weighted by molar-refractivity contribution is -0.142. The maximum Gasteiger partial charge on any atom is 0.305 e. The molecule has 2 aliphatic rings. The molecule has 0 unspecified atom stereocenters. The Balaban J connectivity index is 0.000000240. The molecule has 2 N–H and O–H groups in total. The van der Waals surface area contributed by atoms with Crippen LogP contribution in [0.4, 0.5) is 0 Å². The fourth-order valence-corrected chi connectivity index (χ4v) is 1.72. The van der Waals surface area contributed by atoms with Crippen molar-refractivity contribution < 1.29 is 39.0 Å². The van der Waals surface area contributed by atoms with E-state index in [1.54, 1.807) is 0 Å². The van der Waals surface area contributed by atoms with Crippen LogP contribution in [0.25, 0.3) is 0 Å². The predicted molar refractivity (Wildman–Crippen MR) is 76.2 cm³/mol. The molecule has 2 rings (SSSR count). The molecular weight excluding hydrogens is 324 g/mol. The number of amides is 4. The van der Waals surface area contributed by atoms with E-state index in [2.05, 4.69) is 0 Å². The molecule has 0 atom stereocenters. The van der Waals surface area contributed by atoms with Gasteiger partial charge < -0.3 is 10.2 Å². The van der Waals surface area contributed by atoms with Crippen LogP contribution in [-0.2, 0) is 28.8 Å². The monoisotopic (exact) mass is 338 g/mol. The minimum absolute atomic E-state index is 0.0556. The molecule has 0 aliphatic carbocycles. The number of rotatable bonds is 6. The summed E-state index contributed by atoms with van der Waals surface area (Å²) in [6.07, 6.45) is 4.10. The van der Waals surface area contributed by atoms with E-state index in [1.807, 2.05) is 0 Å². The molecule has 0 aromatic carbocycles. The summed E-state index contributed by atoms with van der Waals surface area (Å²) < 4.78 is 0. The largest absolute Gasteiger partial charge is 0.481 e. The zero-order valence-corrected chi connectivity index (χ0v) is 12.4. The fraction of sp³-hybridized carbons (Fsp3) is 0.286. The van der Waals surface area contributed by atoms with E-state index in [4.69, 9.17) is 10.2 Å². The van der Waals surface area contributed by atoms with Gasteiger partial charge in [-0.2, -0.15) is 0 Å². The van der Waals surface area contributed by atoms with Crippen LogP contribution >= 0.6 is 0 Å². The number of carboxylic acids is 2. The minimum atomic E-state index is -1.03. The zero-order valence-electron chi connectivity index (χ0n) is 12.4. The lowest BCUT2D eigenvalue weighted by Gasteiger charge is -2.10. The highest BCUT2D eigenvalue weighted by molar-refractivity contribution is 6.13. The van der Waals surface area contributed by atoms with Crippen LogP contribution in [0, 0.1) is 0 Å². The SMILES string of the molecule is O=C(O)CCN1C(=O)C=CC1=O.O=C(O)CCN1C(=O)C=CC1=O. The maximum absolute atomic E-state index is 10.8. The number of carbonyl (C=O) groups is 6. The molecular formula is C14H14N2O8. The van der Waals surface area contributed by atoms with Crippen LogP contribution < -0.4 is 0 Å². The molecule has 10 heteroatoms. The molecule has 0 fully saturated rings. The van der Waals surface area contributed by atoms with Crippen LogP contribution in [0.15, 0.2) is 24.3 Å². The van der Waals surface area contributed by atoms with Gasteiger partial charge in [0, 0.05) is 37.4 Å². The van der Waals surface area contributed by atoms with Gasteiger partial charge in [0.1, 0.15) is 0 Å². The quantitative estimate of drug-likeness (QED) is 0.572. The lowest BCUT2D eigenvalue weighted by atomic mass is 10.4. The second kappa shape index (κ2) is 8.36. The van der Waals surface area contributed by atoms with Crippen LogP contribution in [0.5, 0.6) is 0 Å². The number of carbonyl (C=O) groups excluding carboxylic acids is 4. The number of imide groups is 2. The van der Waals surface area contributed by atoms with Crippen molar-refractivity contribution in [3.8, 4) is 0 Å². The Kier molecular flexibility index (Phi) is 6.53. The molecule has 0 bridgehead atoms. The highest BCUT2D eigenvalue weighted by Gasteiger charge is 2.24. The van der Waals surface area contributed by atoms with Gasteiger partial charge in [-0.05, 0) is 0 Å². The molecule has 4 amide bonds. The topological polar surface area (TPSA) is 149 Å². The molecule has 0 radical (unpaired) electrons. The van der Waals surface area contributed by atoms with E-state index >= 15 is 0 Å². The van der Waals surface area contributed by atoms with Gasteiger partial charge in [0.15, 0.2) is 0 Å². The van der Waals surface area contributed by atoms with Crippen LogP contribution in [-0.4, -0.2) is 68.7 Å². The third-order valence-corrected chi connectivity index (χ3v) is 2.90. The van der Waals surface area contributed by atoms with E-state index in [-0.39, 0.29) is 25.9 Å².